The van der Waals surface area contributed by atoms with Gasteiger partial charge in [0.05, 0.1) is 41.7 Å². The summed E-state index contributed by atoms with van der Waals surface area (Å²) in [5.41, 5.74) is 7.87. The molecule has 12 heteroatoms. The van der Waals surface area contributed by atoms with Gasteiger partial charge in [-0.05, 0) is 43.7 Å². The lowest BCUT2D eigenvalue weighted by molar-refractivity contribution is -0.144. The summed E-state index contributed by atoms with van der Waals surface area (Å²) < 4.78 is 24.9. The second kappa shape index (κ2) is 13.5. The molecular formula is C28H32ClFN6O4. The number of piperazine rings is 1. The third-order valence-electron chi connectivity index (χ3n) is 6.45. The van der Waals surface area contributed by atoms with Gasteiger partial charge < -0.3 is 25.4 Å². The van der Waals surface area contributed by atoms with Crippen molar-refractivity contribution in [3.8, 4) is 17.0 Å². The number of benzene rings is 2. The van der Waals surface area contributed by atoms with E-state index in [1.54, 1.807) is 25.1 Å². The van der Waals surface area contributed by atoms with Crippen LogP contribution in [0.3, 0.4) is 0 Å². The zero-order chi connectivity index (χ0) is 28.6. The number of ether oxygens (including phenoxy) is 2. The first-order chi connectivity index (χ1) is 19.3. The molecule has 0 aliphatic carbocycles. The van der Waals surface area contributed by atoms with Crippen LogP contribution in [-0.4, -0.2) is 84.1 Å². The van der Waals surface area contributed by atoms with Crippen LogP contribution < -0.4 is 15.8 Å². The number of esters is 1. The molecule has 3 N–H and O–H groups in total. The smallest absolute Gasteiger partial charge is 0.320 e. The molecule has 0 atom stereocenters. The number of hydrogen-bond acceptors (Lipinski definition) is 9. The lowest BCUT2D eigenvalue weighted by atomic mass is 10.1. The van der Waals surface area contributed by atoms with Crippen molar-refractivity contribution in [3.05, 3.63) is 53.8 Å². The minimum Gasteiger partial charge on any atom is -0.491 e. The number of amides is 1. The van der Waals surface area contributed by atoms with Gasteiger partial charge in [0.25, 0.3) is 0 Å². The molecule has 40 heavy (non-hydrogen) atoms. The van der Waals surface area contributed by atoms with Crippen LogP contribution >= 0.6 is 11.6 Å². The average molecular weight is 571 g/mol. The van der Waals surface area contributed by atoms with E-state index in [0.29, 0.717) is 53.4 Å². The predicted molar refractivity (Wildman–Crippen MR) is 153 cm³/mol. The van der Waals surface area contributed by atoms with Gasteiger partial charge in [-0.1, -0.05) is 18.2 Å². The standard InChI is InChI=1S/C28H32ClFN6O4/c1-3-25(37)32-23-15-19-22(33-28(31)34-27(19)18-6-7-21(30)20(29)14-18)16-24(23)40-13-5-8-35-9-11-36(12-10-35)17-26(38)39-4-2/h3,6-7,14-16H,1,4-5,8-13,17H2,2H3,(H,32,37)(H2,31,33,34). The topological polar surface area (TPSA) is 123 Å². The third-order valence-corrected chi connectivity index (χ3v) is 6.74. The maximum atomic E-state index is 13.8. The minimum atomic E-state index is -0.551. The Balaban J connectivity index is 1.46. The van der Waals surface area contributed by atoms with Crippen molar-refractivity contribution in [1.29, 1.82) is 0 Å². The van der Waals surface area contributed by atoms with Crippen LogP contribution in [0.4, 0.5) is 16.0 Å². The number of carbonyl (C=O) groups is 2. The number of aromatic nitrogens is 2. The van der Waals surface area contributed by atoms with Crippen molar-refractivity contribution < 1.29 is 23.5 Å². The molecule has 212 valence electrons. The van der Waals surface area contributed by atoms with E-state index in [9.17, 15) is 14.0 Å². The molecule has 1 aliphatic rings. The normalized spacial score (nSPS) is 14.2. The Morgan fingerprint density at radius 2 is 1.93 bits per heavy atom. The summed E-state index contributed by atoms with van der Waals surface area (Å²) in [7, 11) is 0. The largest absolute Gasteiger partial charge is 0.491 e. The molecule has 3 aromatic rings. The zero-order valence-corrected chi connectivity index (χ0v) is 23.0. The summed E-state index contributed by atoms with van der Waals surface area (Å²) in [6, 6.07) is 7.64. The average Bonchev–Trinajstić information content (AvgIpc) is 2.93. The van der Waals surface area contributed by atoms with Gasteiger partial charge in [-0.3, -0.25) is 14.5 Å². The second-order valence-corrected chi connectivity index (χ2v) is 9.65. The lowest BCUT2D eigenvalue weighted by Crippen LogP contribution is -2.48. The van der Waals surface area contributed by atoms with Crippen LogP contribution in [0.2, 0.25) is 5.02 Å². The molecule has 1 aromatic heterocycles. The number of nitrogen functional groups attached to an aromatic ring is 1. The zero-order valence-electron chi connectivity index (χ0n) is 22.3. The minimum absolute atomic E-state index is 0.0267. The van der Waals surface area contributed by atoms with Gasteiger partial charge in [0.15, 0.2) is 0 Å². The fourth-order valence-electron chi connectivity index (χ4n) is 4.47. The first kappa shape index (κ1) is 29.2. The van der Waals surface area contributed by atoms with Crippen molar-refractivity contribution in [2.45, 2.75) is 13.3 Å². The van der Waals surface area contributed by atoms with Crippen molar-refractivity contribution in [1.82, 2.24) is 19.8 Å². The Labute approximate surface area is 236 Å². The van der Waals surface area contributed by atoms with E-state index < -0.39 is 11.7 Å². The highest BCUT2D eigenvalue weighted by molar-refractivity contribution is 6.31. The van der Waals surface area contributed by atoms with Gasteiger partial charge in [0.1, 0.15) is 11.6 Å². The van der Waals surface area contributed by atoms with E-state index in [0.717, 1.165) is 45.2 Å². The monoisotopic (exact) mass is 570 g/mol. The molecule has 2 aromatic carbocycles. The van der Waals surface area contributed by atoms with Crippen molar-refractivity contribution in [2.24, 2.45) is 0 Å². The van der Waals surface area contributed by atoms with Crippen LogP contribution in [0, 0.1) is 5.82 Å². The third kappa shape index (κ3) is 7.44. The van der Waals surface area contributed by atoms with Crippen molar-refractivity contribution in [3.63, 3.8) is 0 Å². The summed E-state index contributed by atoms with van der Waals surface area (Å²) in [4.78, 5) is 37.0. The first-order valence-corrected chi connectivity index (χ1v) is 13.4. The Kier molecular flexibility index (Phi) is 9.86. The first-order valence-electron chi connectivity index (χ1n) is 13.0. The number of nitrogens with two attached hydrogens (primary N) is 1. The van der Waals surface area contributed by atoms with Crippen LogP contribution in [0.1, 0.15) is 13.3 Å². The SMILES string of the molecule is C=CC(=O)Nc1cc2c(-c3ccc(F)c(Cl)c3)nc(N)nc2cc1OCCCN1CCN(CC(=O)OCC)CC1. The number of nitrogens with one attached hydrogen (secondary N) is 1. The second-order valence-electron chi connectivity index (χ2n) is 9.24. The summed E-state index contributed by atoms with van der Waals surface area (Å²) in [5.74, 6) is -0.709. The van der Waals surface area contributed by atoms with Gasteiger partial charge >= 0.3 is 5.97 Å². The molecule has 0 radical (unpaired) electrons. The molecule has 10 nitrogen and oxygen atoms in total. The Morgan fingerprint density at radius 3 is 2.62 bits per heavy atom. The Hall–Kier alpha value is -3.80. The molecule has 4 rings (SSSR count). The number of nitrogens with zero attached hydrogens (tertiary/aromatic N) is 4. The summed E-state index contributed by atoms with van der Waals surface area (Å²) in [6.07, 6.45) is 1.91. The van der Waals surface area contributed by atoms with Crippen LogP contribution in [-0.2, 0) is 14.3 Å². The molecule has 0 bridgehead atoms. The summed E-state index contributed by atoms with van der Waals surface area (Å²) >= 11 is 6.00. The fourth-order valence-corrected chi connectivity index (χ4v) is 4.65. The van der Waals surface area contributed by atoms with E-state index in [2.05, 4.69) is 31.7 Å². The number of anilines is 2. The van der Waals surface area contributed by atoms with E-state index in [1.165, 1.54) is 12.1 Å². The molecule has 0 spiro atoms. The highest BCUT2D eigenvalue weighted by atomic mass is 35.5. The fraction of sp³-hybridized carbons (Fsp3) is 0.357. The molecule has 2 heterocycles. The molecule has 1 saturated heterocycles. The van der Waals surface area contributed by atoms with E-state index in [1.807, 2.05) is 0 Å². The van der Waals surface area contributed by atoms with Gasteiger partial charge in [-0.2, -0.15) is 0 Å². The van der Waals surface area contributed by atoms with Gasteiger partial charge in [0, 0.05) is 49.7 Å². The molecule has 1 fully saturated rings. The number of fused-ring (bicyclic) bond motifs is 1. The highest BCUT2D eigenvalue weighted by Gasteiger charge is 2.20. The van der Waals surface area contributed by atoms with Crippen molar-refractivity contribution in [2.75, 3.05) is 63.5 Å². The van der Waals surface area contributed by atoms with Crippen LogP contribution in [0.25, 0.3) is 22.2 Å². The van der Waals surface area contributed by atoms with Gasteiger partial charge in [-0.15, -0.1) is 0 Å². The maximum absolute atomic E-state index is 13.8. The van der Waals surface area contributed by atoms with E-state index >= 15 is 0 Å². The maximum Gasteiger partial charge on any atom is 0.320 e. The number of hydrogen-bond donors (Lipinski definition) is 2. The molecule has 1 aliphatic heterocycles. The van der Waals surface area contributed by atoms with Gasteiger partial charge in [0.2, 0.25) is 11.9 Å². The van der Waals surface area contributed by atoms with Crippen LogP contribution in [0.5, 0.6) is 5.75 Å². The molecule has 1 amide bonds. The predicted octanol–water partition coefficient (Wildman–Crippen LogP) is 3.75. The van der Waals surface area contributed by atoms with Gasteiger partial charge in [-0.25, -0.2) is 14.4 Å². The van der Waals surface area contributed by atoms with E-state index in [4.69, 9.17) is 26.8 Å². The lowest BCUT2D eigenvalue weighted by Gasteiger charge is -2.34. The molecular weight excluding hydrogens is 539 g/mol. The van der Waals surface area contributed by atoms with Crippen molar-refractivity contribution >= 4 is 46.0 Å². The highest BCUT2D eigenvalue weighted by Crippen LogP contribution is 2.36. The quantitative estimate of drug-likeness (QED) is 0.201. The van der Waals surface area contributed by atoms with E-state index in [-0.39, 0.29) is 16.9 Å². The molecule has 0 saturated carbocycles. The number of carbonyl (C=O) groups excluding carboxylic acids is 2. The number of rotatable bonds is 11. The summed E-state index contributed by atoms with van der Waals surface area (Å²) in [5, 5.41) is 3.30. The summed E-state index contributed by atoms with van der Waals surface area (Å²) in [6.45, 7) is 10.5. The Bertz CT molecular complexity index is 1400. The molecule has 0 unspecified atom stereocenters. The van der Waals surface area contributed by atoms with Crippen LogP contribution in [0.15, 0.2) is 43.0 Å². The Morgan fingerprint density at radius 1 is 1.18 bits per heavy atom. The number of halogens is 2.